The maximum absolute atomic E-state index is 6.24. The van der Waals surface area contributed by atoms with Gasteiger partial charge in [-0.05, 0) is 74.1 Å². The number of fused-ring (bicyclic) bond motifs is 5. The Morgan fingerprint density at radius 2 is 0.804 bits per heavy atom. The van der Waals surface area contributed by atoms with Gasteiger partial charge in [-0.1, -0.05) is 146 Å². The third-order valence-corrected chi connectivity index (χ3v) is 9.71. The highest BCUT2D eigenvalue weighted by Gasteiger charge is 2.18. The highest BCUT2D eigenvalue weighted by molar-refractivity contribution is 6.11. The van der Waals surface area contributed by atoms with Gasteiger partial charge >= 0.3 is 0 Å². The fourth-order valence-electron chi connectivity index (χ4n) is 7.11. The van der Waals surface area contributed by atoms with Gasteiger partial charge in [-0.15, -0.1) is 0 Å². The summed E-state index contributed by atoms with van der Waals surface area (Å²) >= 11 is 0. The Kier molecular flexibility index (Phi) is 6.78. The smallest absolute Gasteiger partial charge is 0.164 e. The van der Waals surface area contributed by atoms with Crippen LogP contribution in [0, 0.1) is 0 Å². The van der Waals surface area contributed by atoms with Crippen LogP contribution in [-0.4, -0.2) is 15.0 Å². The van der Waals surface area contributed by atoms with Crippen molar-refractivity contribution in [1.29, 1.82) is 0 Å². The molecule has 0 saturated carbocycles. The maximum Gasteiger partial charge on any atom is 0.164 e. The van der Waals surface area contributed by atoms with Crippen molar-refractivity contribution in [2.24, 2.45) is 0 Å². The topological polar surface area (TPSA) is 51.8 Å². The first-order valence-corrected chi connectivity index (χ1v) is 17.1. The fraction of sp³-hybridized carbons (Fsp3) is 0. The van der Waals surface area contributed by atoms with Crippen molar-refractivity contribution in [3.63, 3.8) is 0 Å². The van der Waals surface area contributed by atoms with Crippen LogP contribution in [0.3, 0.4) is 0 Å². The van der Waals surface area contributed by atoms with E-state index in [1.54, 1.807) is 0 Å². The maximum atomic E-state index is 6.24. The molecule has 51 heavy (non-hydrogen) atoms. The average Bonchev–Trinajstić information content (AvgIpc) is 3.59. The highest BCUT2D eigenvalue weighted by Crippen LogP contribution is 2.37. The predicted molar refractivity (Wildman–Crippen MR) is 209 cm³/mol. The Morgan fingerprint density at radius 1 is 0.314 bits per heavy atom. The molecule has 0 N–H and O–H groups in total. The molecule has 0 amide bonds. The number of hydrogen-bond acceptors (Lipinski definition) is 4. The number of rotatable bonds is 5. The normalized spacial score (nSPS) is 11.5. The lowest BCUT2D eigenvalue weighted by molar-refractivity contribution is 0.669. The summed E-state index contributed by atoms with van der Waals surface area (Å²) in [6, 6.07) is 61.2. The highest BCUT2D eigenvalue weighted by atomic mass is 16.3. The van der Waals surface area contributed by atoms with Gasteiger partial charge in [-0.3, -0.25) is 0 Å². The number of para-hydroxylation sites is 1. The number of hydrogen-bond donors (Lipinski definition) is 0. The van der Waals surface area contributed by atoms with Gasteiger partial charge in [0.2, 0.25) is 0 Å². The number of aromatic nitrogens is 3. The van der Waals surface area contributed by atoms with Gasteiger partial charge in [0.25, 0.3) is 0 Å². The van der Waals surface area contributed by atoms with Crippen molar-refractivity contribution < 1.29 is 4.42 Å². The van der Waals surface area contributed by atoms with E-state index in [1.807, 2.05) is 30.3 Å². The van der Waals surface area contributed by atoms with Crippen LogP contribution in [0.5, 0.6) is 0 Å². The molecule has 0 atom stereocenters. The van der Waals surface area contributed by atoms with Gasteiger partial charge in [0, 0.05) is 27.5 Å². The van der Waals surface area contributed by atoms with Crippen LogP contribution >= 0.6 is 0 Å². The molecule has 0 aliphatic heterocycles. The first-order chi connectivity index (χ1) is 25.2. The summed E-state index contributed by atoms with van der Waals surface area (Å²) in [5, 5.41) is 6.82. The van der Waals surface area contributed by atoms with E-state index in [1.165, 1.54) is 27.3 Å². The van der Waals surface area contributed by atoms with Gasteiger partial charge in [-0.25, -0.2) is 15.0 Å². The molecule has 0 aliphatic rings. The summed E-state index contributed by atoms with van der Waals surface area (Å²) in [4.78, 5) is 15.4. The van der Waals surface area contributed by atoms with Crippen LogP contribution in [0.25, 0.3) is 99.9 Å². The molecule has 0 unspecified atom stereocenters. The molecule has 0 spiro atoms. The first kappa shape index (κ1) is 29.0. The van der Waals surface area contributed by atoms with Crippen molar-refractivity contribution in [2.45, 2.75) is 0 Å². The molecule has 10 rings (SSSR count). The number of benzene rings is 8. The molecule has 2 heterocycles. The average molecular weight is 652 g/mol. The minimum atomic E-state index is 0.602. The standard InChI is InChI=1S/C47H29N3O/c1-3-11-34-27-37(25-23-30(34)9-1)33-21-19-32(20-22-33)36-13-7-14-38(28-36)45-48-46(39-26-24-31-10-2-4-12-35(31)29-39)50-47(49-45)41-16-8-18-43-44(41)40-15-5-6-17-42(40)51-43/h1-29H. The SMILES string of the molecule is c1cc(-c2ccc(-c3ccc4ccccc4c3)cc2)cc(-c2nc(-c3ccc4ccccc4c3)nc(-c3cccc4oc5ccccc5c34)n2)c1. The van der Waals surface area contributed by atoms with Crippen LogP contribution in [0.15, 0.2) is 180 Å². The van der Waals surface area contributed by atoms with Crippen molar-refractivity contribution in [1.82, 2.24) is 15.0 Å². The molecule has 10 aromatic rings. The lowest BCUT2D eigenvalue weighted by Crippen LogP contribution is -2.00. The zero-order chi connectivity index (χ0) is 33.7. The van der Waals surface area contributed by atoms with Crippen LogP contribution < -0.4 is 0 Å². The zero-order valence-electron chi connectivity index (χ0n) is 27.5. The van der Waals surface area contributed by atoms with E-state index in [0.29, 0.717) is 17.5 Å². The Hall–Kier alpha value is -6.91. The summed E-state index contributed by atoms with van der Waals surface area (Å²) in [7, 11) is 0. The van der Waals surface area contributed by atoms with Crippen LogP contribution in [0.1, 0.15) is 0 Å². The molecule has 8 aromatic carbocycles. The van der Waals surface area contributed by atoms with Gasteiger partial charge in [0.15, 0.2) is 17.5 Å². The van der Waals surface area contributed by atoms with E-state index in [2.05, 4.69) is 146 Å². The van der Waals surface area contributed by atoms with Crippen molar-refractivity contribution in [3.05, 3.63) is 176 Å². The molecular weight excluding hydrogens is 623 g/mol. The second-order valence-corrected chi connectivity index (χ2v) is 12.9. The first-order valence-electron chi connectivity index (χ1n) is 17.1. The largest absolute Gasteiger partial charge is 0.456 e. The molecule has 4 heteroatoms. The lowest BCUT2D eigenvalue weighted by atomic mass is 9.97. The third-order valence-electron chi connectivity index (χ3n) is 9.71. The molecule has 0 aliphatic carbocycles. The van der Waals surface area contributed by atoms with E-state index in [0.717, 1.165) is 55.1 Å². The summed E-state index contributed by atoms with van der Waals surface area (Å²) in [5.74, 6) is 1.84. The van der Waals surface area contributed by atoms with Crippen molar-refractivity contribution in [3.8, 4) is 56.4 Å². The van der Waals surface area contributed by atoms with E-state index in [4.69, 9.17) is 19.4 Å². The van der Waals surface area contributed by atoms with E-state index < -0.39 is 0 Å². The van der Waals surface area contributed by atoms with Crippen LogP contribution in [0.4, 0.5) is 0 Å². The van der Waals surface area contributed by atoms with Crippen molar-refractivity contribution in [2.75, 3.05) is 0 Å². The molecular formula is C47H29N3O. The number of furan rings is 1. The third kappa shape index (κ3) is 5.22. The Bertz CT molecular complexity index is 2920. The monoisotopic (exact) mass is 651 g/mol. The predicted octanol–water partition coefficient (Wildman–Crippen LogP) is 12.4. The lowest BCUT2D eigenvalue weighted by Gasteiger charge is -2.11. The molecule has 238 valence electrons. The summed E-state index contributed by atoms with van der Waals surface area (Å²) in [6.07, 6.45) is 0. The second kappa shape index (κ2) is 11.9. The number of nitrogens with zero attached hydrogens (tertiary/aromatic N) is 3. The van der Waals surface area contributed by atoms with Crippen LogP contribution in [0.2, 0.25) is 0 Å². The Morgan fingerprint density at radius 3 is 1.53 bits per heavy atom. The van der Waals surface area contributed by atoms with E-state index >= 15 is 0 Å². The quantitative estimate of drug-likeness (QED) is 0.186. The Balaban J connectivity index is 1.09. The van der Waals surface area contributed by atoms with Gasteiger partial charge in [0.1, 0.15) is 11.2 Å². The van der Waals surface area contributed by atoms with Gasteiger partial charge in [0.05, 0.1) is 0 Å². The van der Waals surface area contributed by atoms with Gasteiger partial charge in [-0.2, -0.15) is 0 Å². The van der Waals surface area contributed by atoms with Crippen LogP contribution in [-0.2, 0) is 0 Å². The van der Waals surface area contributed by atoms with E-state index in [9.17, 15) is 0 Å². The summed E-state index contributed by atoms with van der Waals surface area (Å²) in [5.41, 5.74) is 9.00. The Labute approximate surface area is 294 Å². The zero-order valence-corrected chi connectivity index (χ0v) is 27.5. The van der Waals surface area contributed by atoms with E-state index in [-0.39, 0.29) is 0 Å². The van der Waals surface area contributed by atoms with Crippen molar-refractivity contribution >= 4 is 43.5 Å². The molecule has 0 radical (unpaired) electrons. The molecule has 0 bridgehead atoms. The molecule has 0 fully saturated rings. The molecule has 4 nitrogen and oxygen atoms in total. The molecule has 2 aromatic heterocycles. The summed E-state index contributed by atoms with van der Waals surface area (Å²) in [6.45, 7) is 0. The fourth-order valence-corrected chi connectivity index (χ4v) is 7.11. The molecule has 0 saturated heterocycles. The summed E-state index contributed by atoms with van der Waals surface area (Å²) < 4.78 is 6.24. The minimum absolute atomic E-state index is 0.602. The second-order valence-electron chi connectivity index (χ2n) is 12.9. The minimum Gasteiger partial charge on any atom is -0.456 e. The van der Waals surface area contributed by atoms with Gasteiger partial charge < -0.3 is 4.42 Å².